The number of nitrogens with one attached hydrogen (secondary N) is 2. The molecule has 1 heterocycles. The van der Waals surface area contributed by atoms with Crippen LogP contribution in [0.5, 0.6) is 5.75 Å². The number of hydrogen-bond donors (Lipinski definition) is 6. The molecule has 0 aliphatic carbocycles. The number of benzene rings is 1. The molecule has 0 aliphatic heterocycles. The minimum Gasteiger partial charge on any atom is -0.508 e. The molecule has 1 aromatic heterocycles. The Morgan fingerprint density at radius 3 is 2.06 bits per heavy atom. The normalized spacial score (nSPS) is 12.4. The number of carbonyl (C=O) groups is 5. The highest BCUT2D eigenvalue weighted by molar-refractivity contribution is 6.05. The number of carbonyl (C=O) groups excluding carboxylic acids is 2. The van der Waals surface area contributed by atoms with E-state index in [1.807, 2.05) is 0 Å². The lowest BCUT2D eigenvalue weighted by molar-refractivity contribution is -0.142. The molecular weight excluding hydrogens is 428 g/mol. The predicted molar refractivity (Wildman–Crippen MR) is 105 cm³/mol. The van der Waals surface area contributed by atoms with Gasteiger partial charge in [0.15, 0.2) is 0 Å². The third-order valence-electron chi connectivity index (χ3n) is 4.40. The molecule has 1 aromatic carbocycles. The van der Waals surface area contributed by atoms with Crippen LogP contribution in [0.4, 0.5) is 0 Å². The van der Waals surface area contributed by atoms with Gasteiger partial charge < -0.3 is 35.5 Å². The Hall–Kier alpha value is -4.35. The maximum absolute atomic E-state index is 12.7. The molecule has 0 fully saturated rings. The zero-order valence-electron chi connectivity index (χ0n) is 16.5. The van der Waals surface area contributed by atoms with E-state index in [-0.39, 0.29) is 24.2 Å². The first-order chi connectivity index (χ1) is 15.1. The van der Waals surface area contributed by atoms with Gasteiger partial charge in [0.2, 0.25) is 5.91 Å². The molecule has 2 rings (SSSR count). The van der Waals surface area contributed by atoms with Crippen LogP contribution in [-0.2, 0) is 20.8 Å². The highest BCUT2D eigenvalue weighted by Gasteiger charge is 2.29. The number of hydrogen-bond acceptors (Lipinski definition) is 7. The van der Waals surface area contributed by atoms with Crippen LogP contribution in [0.25, 0.3) is 0 Å². The molecular formula is C20H20N2O10. The summed E-state index contributed by atoms with van der Waals surface area (Å²) in [5, 5.41) is 41.2. The van der Waals surface area contributed by atoms with Gasteiger partial charge in [-0.25, -0.2) is 9.59 Å². The van der Waals surface area contributed by atoms with Crippen LogP contribution in [0.2, 0.25) is 0 Å². The van der Waals surface area contributed by atoms with Gasteiger partial charge >= 0.3 is 17.9 Å². The Morgan fingerprint density at radius 2 is 1.50 bits per heavy atom. The smallest absolute Gasteiger partial charge is 0.339 e. The van der Waals surface area contributed by atoms with E-state index < -0.39 is 53.8 Å². The summed E-state index contributed by atoms with van der Waals surface area (Å²) in [5.74, 6) is -6.09. The average molecular weight is 448 g/mol. The van der Waals surface area contributed by atoms with Crippen LogP contribution in [0.3, 0.4) is 0 Å². The fraction of sp³-hybridized carbons (Fsp3) is 0.250. The first kappa shape index (κ1) is 23.9. The lowest BCUT2D eigenvalue weighted by atomic mass is 10.0. The van der Waals surface area contributed by atoms with Crippen molar-refractivity contribution in [3.63, 3.8) is 0 Å². The topological polar surface area (TPSA) is 203 Å². The predicted octanol–water partition coefficient (Wildman–Crippen LogP) is 0.459. The van der Waals surface area contributed by atoms with E-state index in [9.17, 15) is 34.2 Å². The van der Waals surface area contributed by atoms with Gasteiger partial charge in [-0.3, -0.25) is 14.4 Å². The van der Waals surface area contributed by atoms with Crippen molar-refractivity contribution < 1.29 is 48.8 Å². The zero-order valence-corrected chi connectivity index (χ0v) is 16.5. The SMILES string of the molecule is O=C(O)CCC(NC(=O)c1cocc1C(=O)O)C(=O)NC(Cc1ccc(O)cc1)C(=O)O. The molecule has 12 heteroatoms. The Kier molecular flexibility index (Phi) is 7.93. The number of furan rings is 1. The number of phenolic OH excluding ortho intramolecular Hbond substituents is 1. The summed E-state index contributed by atoms with van der Waals surface area (Å²) in [4.78, 5) is 58.8. The second-order valence-electron chi connectivity index (χ2n) is 6.73. The largest absolute Gasteiger partial charge is 0.508 e. The first-order valence-electron chi connectivity index (χ1n) is 9.21. The van der Waals surface area contributed by atoms with Gasteiger partial charge in [0.1, 0.15) is 35.9 Å². The van der Waals surface area contributed by atoms with Gasteiger partial charge in [-0.1, -0.05) is 12.1 Å². The van der Waals surface area contributed by atoms with Crippen molar-refractivity contribution in [3.8, 4) is 5.75 Å². The van der Waals surface area contributed by atoms with Crippen LogP contribution in [0.1, 0.15) is 39.1 Å². The molecule has 2 unspecified atom stereocenters. The Labute approximate surface area is 180 Å². The maximum Gasteiger partial charge on any atom is 0.339 e. The summed E-state index contributed by atoms with van der Waals surface area (Å²) < 4.78 is 4.71. The zero-order chi connectivity index (χ0) is 23.8. The van der Waals surface area contributed by atoms with E-state index in [0.717, 1.165) is 12.5 Å². The molecule has 0 spiro atoms. The van der Waals surface area contributed by atoms with Crippen molar-refractivity contribution >= 4 is 29.7 Å². The Bertz CT molecular complexity index is 1010. The monoisotopic (exact) mass is 448 g/mol. The van der Waals surface area contributed by atoms with Crippen LogP contribution >= 0.6 is 0 Å². The number of phenols is 1. The van der Waals surface area contributed by atoms with Crippen molar-refractivity contribution in [1.29, 1.82) is 0 Å². The van der Waals surface area contributed by atoms with E-state index >= 15 is 0 Å². The Balaban J connectivity index is 2.17. The summed E-state index contributed by atoms with van der Waals surface area (Å²) in [6, 6.07) is 2.74. The molecule has 6 N–H and O–H groups in total. The molecule has 0 aliphatic rings. The van der Waals surface area contributed by atoms with Crippen LogP contribution in [0.15, 0.2) is 41.2 Å². The Morgan fingerprint density at radius 1 is 0.875 bits per heavy atom. The molecule has 0 radical (unpaired) electrons. The summed E-state index contributed by atoms with van der Waals surface area (Å²) in [7, 11) is 0. The third-order valence-corrected chi connectivity index (χ3v) is 4.40. The van der Waals surface area contributed by atoms with Gasteiger partial charge in [-0.15, -0.1) is 0 Å². The van der Waals surface area contributed by atoms with E-state index in [4.69, 9.17) is 14.6 Å². The molecule has 2 amide bonds. The molecule has 0 bridgehead atoms. The van der Waals surface area contributed by atoms with Crippen molar-refractivity contribution in [3.05, 3.63) is 53.5 Å². The van der Waals surface area contributed by atoms with Crippen LogP contribution < -0.4 is 10.6 Å². The van der Waals surface area contributed by atoms with Crippen molar-refractivity contribution in [2.75, 3.05) is 0 Å². The third kappa shape index (κ3) is 6.58. The van der Waals surface area contributed by atoms with Crippen LogP contribution in [0, 0.1) is 0 Å². The van der Waals surface area contributed by atoms with E-state index in [1.54, 1.807) is 0 Å². The first-order valence-corrected chi connectivity index (χ1v) is 9.21. The quantitative estimate of drug-likeness (QED) is 0.280. The van der Waals surface area contributed by atoms with Gasteiger partial charge in [0.25, 0.3) is 5.91 Å². The number of carboxylic acids is 3. The van der Waals surface area contributed by atoms with Gasteiger partial charge in [0, 0.05) is 12.8 Å². The molecule has 0 saturated heterocycles. The highest BCUT2D eigenvalue weighted by atomic mass is 16.4. The standard InChI is InChI=1S/C20H20N2O10/c23-11-3-1-10(2-4-11)7-15(20(30)31)22-18(27)14(5-6-16(24)25)21-17(26)12-8-32-9-13(12)19(28)29/h1-4,8-9,14-15,23H,5-7H2,(H,21,26)(H,22,27)(H,24,25)(H,28,29)(H,30,31). The lowest BCUT2D eigenvalue weighted by Crippen LogP contribution is -2.52. The number of aromatic carboxylic acids is 1. The molecule has 12 nitrogen and oxygen atoms in total. The molecule has 2 atom stereocenters. The summed E-state index contributed by atoms with van der Waals surface area (Å²) >= 11 is 0. The van der Waals surface area contributed by atoms with E-state index in [2.05, 4.69) is 10.6 Å². The number of aromatic hydroxyl groups is 1. The lowest BCUT2D eigenvalue weighted by Gasteiger charge is -2.21. The average Bonchev–Trinajstić information content (AvgIpc) is 3.22. The van der Waals surface area contributed by atoms with Gasteiger partial charge in [0.05, 0.1) is 5.56 Å². The van der Waals surface area contributed by atoms with Crippen LogP contribution in [-0.4, -0.2) is 62.2 Å². The van der Waals surface area contributed by atoms with Gasteiger partial charge in [-0.2, -0.15) is 0 Å². The fourth-order valence-electron chi connectivity index (χ4n) is 2.75. The second kappa shape index (κ2) is 10.6. The second-order valence-corrected chi connectivity index (χ2v) is 6.73. The molecule has 0 saturated carbocycles. The minimum absolute atomic E-state index is 0.0268. The van der Waals surface area contributed by atoms with Crippen molar-refractivity contribution in [2.45, 2.75) is 31.3 Å². The molecule has 32 heavy (non-hydrogen) atoms. The summed E-state index contributed by atoms with van der Waals surface area (Å²) in [6.45, 7) is 0. The summed E-state index contributed by atoms with van der Waals surface area (Å²) in [5.41, 5.74) is -0.355. The van der Waals surface area contributed by atoms with Crippen molar-refractivity contribution in [2.24, 2.45) is 0 Å². The minimum atomic E-state index is -1.46. The number of carboxylic acid groups (broad SMARTS) is 3. The fourth-order valence-corrected chi connectivity index (χ4v) is 2.75. The van der Waals surface area contributed by atoms with E-state index in [1.165, 1.54) is 24.3 Å². The highest BCUT2D eigenvalue weighted by Crippen LogP contribution is 2.13. The van der Waals surface area contributed by atoms with Gasteiger partial charge in [-0.05, 0) is 24.1 Å². The maximum atomic E-state index is 12.7. The molecule has 2 aromatic rings. The summed E-state index contributed by atoms with van der Waals surface area (Å²) in [6.07, 6.45) is 0.632. The van der Waals surface area contributed by atoms with E-state index in [0.29, 0.717) is 5.56 Å². The molecule has 170 valence electrons. The number of rotatable bonds is 11. The number of aliphatic carboxylic acids is 2. The number of amides is 2. The van der Waals surface area contributed by atoms with Crippen molar-refractivity contribution in [1.82, 2.24) is 10.6 Å².